The molecule has 156 valence electrons. The molecule has 10 heteroatoms. The van der Waals surface area contributed by atoms with Crippen LogP contribution in [0.1, 0.15) is 23.5 Å². The average Bonchev–Trinajstić information content (AvgIpc) is 3.01. The molecule has 1 aromatic heterocycles. The van der Waals surface area contributed by atoms with Crippen molar-refractivity contribution in [1.29, 1.82) is 0 Å². The third-order valence-corrected chi connectivity index (χ3v) is 5.98. The highest BCUT2D eigenvalue weighted by Crippen LogP contribution is 2.37. The molecule has 29 heavy (non-hydrogen) atoms. The van der Waals surface area contributed by atoms with Crippen molar-refractivity contribution in [2.45, 2.75) is 24.3 Å². The van der Waals surface area contributed by atoms with Gasteiger partial charge in [-0.1, -0.05) is 0 Å². The average molecular weight is 442 g/mol. The predicted molar refractivity (Wildman–Crippen MR) is 113 cm³/mol. The van der Waals surface area contributed by atoms with Gasteiger partial charge in [-0.15, -0.1) is 18.5 Å². The highest BCUT2D eigenvalue weighted by atomic mass is 31.1. The number of benzene rings is 1. The second-order valence-electron chi connectivity index (χ2n) is 7.08. The smallest absolute Gasteiger partial charge is 0.275 e. The number of aryl methyl sites for hydroxylation is 1. The van der Waals surface area contributed by atoms with E-state index in [4.69, 9.17) is 4.74 Å². The number of carbonyl (C=O) groups excluding carboxylic acids is 1. The number of nitrogens with zero attached hydrogens (tertiary/aromatic N) is 2. The summed E-state index contributed by atoms with van der Waals surface area (Å²) in [7, 11) is 6.06. The number of rotatable bonds is 5. The maximum atomic E-state index is 14.5. The van der Waals surface area contributed by atoms with Crippen LogP contribution in [-0.4, -0.2) is 35.8 Å². The van der Waals surface area contributed by atoms with Gasteiger partial charge in [0.25, 0.3) is 5.56 Å². The van der Waals surface area contributed by atoms with Crippen LogP contribution in [0.15, 0.2) is 29.2 Å². The first-order valence-electron chi connectivity index (χ1n) is 8.85. The second-order valence-corrected chi connectivity index (χ2v) is 9.75. The number of aliphatic hydroxyl groups excluding tert-OH is 1. The van der Waals surface area contributed by atoms with Gasteiger partial charge in [-0.05, 0) is 18.6 Å². The lowest BCUT2D eigenvalue weighted by molar-refractivity contribution is -0.117. The third-order valence-electron chi connectivity index (χ3n) is 5.06. The molecular weight excluding hydrogens is 420 g/mol. The normalized spacial score (nSPS) is 17.1. The molecule has 0 bridgehead atoms. The van der Waals surface area contributed by atoms with Crippen LogP contribution in [0, 0.1) is 18.6 Å². The zero-order chi connectivity index (χ0) is 21.5. The lowest BCUT2D eigenvalue weighted by atomic mass is 9.97. The Balaban J connectivity index is 2.03. The van der Waals surface area contributed by atoms with E-state index in [1.165, 1.54) is 22.8 Å². The number of halogens is 2. The number of pyridine rings is 1. The number of anilines is 1. The van der Waals surface area contributed by atoms with Crippen molar-refractivity contribution in [3.8, 4) is 5.75 Å². The number of aliphatic hydroxyl groups is 1. The van der Waals surface area contributed by atoms with Crippen molar-refractivity contribution in [2.75, 3.05) is 25.2 Å². The molecule has 0 saturated carbocycles. The third kappa shape index (κ3) is 3.94. The summed E-state index contributed by atoms with van der Waals surface area (Å²) in [5.74, 6) is -2.68. The number of methoxy groups -OCH3 is 1. The van der Waals surface area contributed by atoms with Crippen molar-refractivity contribution < 1.29 is 23.4 Å². The van der Waals surface area contributed by atoms with Crippen LogP contribution in [-0.2, 0) is 9.82 Å². The minimum atomic E-state index is -1.03. The summed E-state index contributed by atoms with van der Waals surface area (Å²) in [6.07, 6.45) is 1.40. The molecule has 1 aliphatic rings. The van der Waals surface area contributed by atoms with Crippen LogP contribution in [0.3, 0.4) is 0 Å². The van der Waals surface area contributed by atoms with Gasteiger partial charge in [-0.25, -0.2) is 8.78 Å². The Labute approximate surface area is 171 Å². The minimum Gasteiger partial charge on any atom is -0.497 e. The van der Waals surface area contributed by atoms with Gasteiger partial charge < -0.3 is 14.7 Å². The molecule has 1 saturated heterocycles. The standard InChI is InChI=1S/C19H22F2N2O4P2/c1-10-3-4-23(19(28,29)9-24)18(26)17(10)22-8-11(5-15(22)25)16-13(20)6-12(27-2)7-14(16)21/h3-4,6-7,11,24H,5,8-9,28-29H2,1-2H3/t11-/m0/s1. The zero-order valence-electron chi connectivity index (χ0n) is 16.0. The van der Waals surface area contributed by atoms with Crippen LogP contribution in [0.25, 0.3) is 0 Å². The van der Waals surface area contributed by atoms with E-state index in [1.54, 1.807) is 13.0 Å². The number of carbonyl (C=O) groups is 1. The first kappa shape index (κ1) is 21.8. The van der Waals surface area contributed by atoms with Gasteiger partial charge in [0.05, 0.1) is 18.7 Å². The van der Waals surface area contributed by atoms with E-state index < -0.39 is 34.0 Å². The van der Waals surface area contributed by atoms with Crippen molar-refractivity contribution in [1.82, 2.24) is 4.57 Å². The summed E-state index contributed by atoms with van der Waals surface area (Å²) in [6, 6.07) is 3.81. The summed E-state index contributed by atoms with van der Waals surface area (Å²) in [5, 5.41) is 8.54. The van der Waals surface area contributed by atoms with Gasteiger partial charge in [0, 0.05) is 42.8 Å². The molecule has 1 N–H and O–H groups in total. The molecule has 0 aliphatic carbocycles. The van der Waals surface area contributed by atoms with Gasteiger partial charge in [-0.3, -0.25) is 14.2 Å². The minimum absolute atomic E-state index is 0.0288. The van der Waals surface area contributed by atoms with E-state index >= 15 is 0 Å². The van der Waals surface area contributed by atoms with Crippen molar-refractivity contribution in [3.05, 3.63) is 57.5 Å². The molecule has 0 radical (unpaired) electrons. The first-order valence-corrected chi connectivity index (χ1v) is 10.0. The van der Waals surface area contributed by atoms with E-state index in [2.05, 4.69) is 18.5 Å². The Kier molecular flexibility index (Phi) is 6.09. The van der Waals surface area contributed by atoms with Crippen LogP contribution in [0.5, 0.6) is 5.75 Å². The van der Waals surface area contributed by atoms with Gasteiger partial charge >= 0.3 is 0 Å². The molecule has 6 nitrogen and oxygen atoms in total. The Morgan fingerprint density at radius 3 is 2.45 bits per heavy atom. The number of ether oxygens (including phenoxy) is 1. The molecule has 1 aromatic carbocycles. The fraction of sp³-hybridized carbons (Fsp3) is 0.368. The highest BCUT2D eigenvalue weighted by molar-refractivity contribution is 7.38. The van der Waals surface area contributed by atoms with Crippen LogP contribution < -0.4 is 15.2 Å². The van der Waals surface area contributed by atoms with Gasteiger partial charge in [-0.2, -0.15) is 0 Å². The van der Waals surface area contributed by atoms with Crippen molar-refractivity contribution >= 4 is 30.1 Å². The highest BCUT2D eigenvalue weighted by Gasteiger charge is 2.37. The molecule has 3 atom stereocenters. The molecule has 1 aliphatic heterocycles. The number of hydrogen-bond donors (Lipinski definition) is 1. The largest absolute Gasteiger partial charge is 0.497 e. The fourth-order valence-electron chi connectivity index (χ4n) is 3.53. The number of hydrogen-bond acceptors (Lipinski definition) is 4. The SMILES string of the molecule is COc1cc(F)c([C@H]2CC(=O)N(c3c(C)ccn(C(P)(P)CO)c3=O)C2)c(F)c1. The zero-order valence-corrected chi connectivity index (χ0v) is 18.3. The Morgan fingerprint density at radius 1 is 1.28 bits per heavy atom. The summed E-state index contributed by atoms with van der Waals surface area (Å²) in [5.41, 5.74) is 0.0165. The second kappa shape index (κ2) is 8.10. The monoisotopic (exact) mass is 442 g/mol. The van der Waals surface area contributed by atoms with E-state index in [0.717, 1.165) is 12.1 Å². The molecule has 0 spiro atoms. The number of amides is 1. The summed E-state index contributed by atoms with van der Waals surface area (Å²) < 4.78 is 35.1. The van der Waals surface area contributed by atoms with E-state index in [0.29, 0.717) is 5.56 Å². The molecule has 1 amide bonds. The lowest BCUT2D eigenvalue weighted by Gasteiger charge is -2.27. The summed E-state index contributed by atoms with van der Waals surface area (Å²) in [4.78, 5) is 27.0. The predicted octanol–water partition coefficient (Wildman–Crippen LogP) is 2.32. The van der Waals surface area contributed by atoms with Gasteiger partial charge in [0.15, 0.2) is 0 Å². The van der Waals surface area contributed by atoms with Crippen molar-refractivity contribution in [3.63, 3.8) is 0 Å². The van der Waals surface area contributed by atoms with E-state index in [1.807, 2.05) is 0 Å². The molecule has 2 heterocycles. The molecular formula is C19H22F2N2O4P2. The molecule has 2 aromatic rings. The van der Waals surface area contributed by atoms with Gasteiger partial charge in [0.2, 0.25) is 5.91 Å². The molecule has 2 unspecified atom stereocenters. The molecule has 1 fully saturated rings. The quantitative estimate of drug-likeness (QED) is 0.722. The Hall–Kier alpha value is -1.88. The number of aromatic nitrogens is 1. The maximum absolute atomic E-state index is 14.5. The van der Waals surface area contributed by atoms with Gasteiger partial charge in [0.1, 0.15) is 23.1 Å². The lowest BCUT2D eigenvalue weighted by Crippen LogP contribution is -2.39. The van der Waals surface area contributed by atoms with E-state index in [9.17, 15) is 23.5 Å². The first-order chi connectivity index (χ1) is 13.6. The van der Waals surface area contributed by atoms with Crippen LogP contribution in [0.2, 0.25) is 0 Å². The van der Waals surface area contributed by atoms with Crippen LogP contribution >= 0.6 is 18.5 Å². The van der Waals surface area contributed by atoms with Crippen LogP contribution in [0.4, 0.5) is 14.5 Å². The summed E-state index contributed by atoms with van der Waals surface area (Å²) in [6.45, 7) is 1.31. The molecule has 3 rings (SSSR count). The summed E-state index contributed by atoms with van der Waals surface area (Å²) >= 11 is 0. The van der Waals surface area contributed by atoms with Crippen molar-refractivity contribution in [2.24, 2.45) is 0 Å². The van der Waals surface area contributed by atoms with E-state index in [-0.39, 0.29) is 36.6 Å². The fourth-order valence-corrected chi connectivity index (χ4v) is 3.94. The maximum Gasteiger partial charge on any atom is 0.275 e. The Morgan fingerprint density at radius 2 is 1.90 bits per heavy atom. The Bertz CT molecular complexity index is 1000. The topological polar surface area (TPSA) is 71.8 Å².